The maximum absolute atomic E-state index is 6.08. The highest BCUT2D eigenvalue weighted by atomic mass is 16.7. The van der Waals surface area contributed by atoms with Crippen LogP contribution in [0.2, 0.25) is 0 Å². The van der Waals surface area contributed by atoms with Gasteiger partial charge in [-0.05, 0) is 57.5 Å². The average Bonchev–Trinajstić information content (AvgIpc) is 2.59. The Kier molecular flexibility index (Phi) is 4.84. The lowest BCUT2D eigenvalue weighted by molar-refractivity contribution is 0.00578. The van der Waals surface area contributed by atoms with Crippen LogP contribution in [0.1, 0.15) is 59.9 Å². The van der Waals surface area contributed by atoms with Crippen molar-refractivity contribution in [3.63, 3.8) is 0 Å². The molecule has 0 saturated carbocycles. The van der Waals surface area contributed by atoms with Crippen molar-refractivity contribution < 1.29 is 9.31 Å². The van der Waals surface area contributed by atoms with Crippen molar-refractivity contribution in [2.24, 2.45) is 5.92 Å². The van der Waals surface area contributed by atoms with Crippen LogP contribution < -0.4 is 5.46 Å². The van der Waals surface area contributed by atoms with Crippen LogP contribution in [0, 0.1) is 5.92 Å². The largest absolute Gasteiger partial charge is 0.494 e. The lowest BCUT2D eigenvalue weighted by Crippen LogP contribution is -2.41. The molecule has 116 valence electrons. The Bertz CT molecular complexity index is 447. The van der Waals surface area contributed by atoms with Gasteiger partial charge in [0.1, 0.15) is 0 Å². The molecule has 2 rings (SSSR count). The zero-order valence-corrected chi connectivity index (χ0v) is 14.4. The van der Waals surface area contributed by atoms with Gasteiger partial charge >= 0.3 is 7.12 Å². The molecule has 0 unspecified atom stereocenters. The Morgan fingerprint density at radius 2 is 1.48 bits per heavy atom. The molecule has 21 heavy (non-hydrogen) atoms. The van der Waals surface area contributed by atoms with E-state index in [1.54, 1.807) is 0 Å². The summed E-state index contributed by atoms with van der Waals surface area (Å²) in [6.07, 6.45) is 3.70. The monoisotopic (exact) mass is 288 g/mol. The molecule has 3 heteroatoms. The zero-order valence-electron chi connectivity index (χ0n) is 14.4. The van der Waals surface area contributed by atoms with Crippen LogP contribution in [0.25, 0.3) is 0 Å². The molecule has 1 aromatic rings. The molecule has 1 heterocycles. The number of aryl methyl sites for hydroxylation is 1. The summed E-state index contributed by atoms with van der Waals surface area (Å²) in [5.41, 5.74) is 1.97. The Hall–Kier alpha value is -0.795. The van der Waals surface area contributed by atoms with Gasteiger partial charge in [0, 0.05) is 0 Å². The van der Waals surface area contributed by atoms with Crippen LogP contribution in [0.15, 0.2) is 24.3 Å². The molecule has 1 fully saturated rings. The first kappa shape index (κ1) is 16.6. The summed E-state index contributed by atoms with van der Waals surface area (Å²) in [4.78, 5) is 0. The van der Waals surface area contributed by atoms with Gasteiger partial charge in [0.25, 0.3) is 0 Å². The van der Waals surface area contributed by atoms with Crippen molar-refractivity contribution in [3.8, 4) is 0 Å². The maximum atomic E-state index is 6.08. The fraction of sp³-hybridized carbons (Fsp3) is 0.667. The second kappa shape index (κ2) is 6.14. The van der Waals surface area contributed by atoms with E-state index in [4.69, 9.17) is 9.31 Å². The van der Waals surface area contributed by atoms with Crippen molar-refractivity contribution >= 4 is 12.6 Å². The number of benzene rings is 1. The van der Waals surface area contributed by atoms with E-state index in [9.17, 15) is 0 Å². The molecule has 0 N–H and O–H groups in total. The Balaban J connectivity index is 1.97. The molecule has 0 bridgehead atoms. The van der Waals surface area contributed by atoms with Crippen molar-refractivity contribution in [2.45, 2.75) is 72.0 Å². The predicted octanol–water partition coefficient (Wildman–Crippen LogP) is 3.96. The van der Waals surface area contributed by atoms with Crippen LogP contribution in [-0.2, 0) is 15.7 Å². The topological polar surface area (TPSA) is 18.5 Å². The first-order chi connectivity index (χ1) is 9.71. The summed E-state index contributed by atoms with van der Waals surface area (Å²) in [6, 6.07) is 8.71. The van der Waals surface area contributed by atoms with Gasteiger partial charge in [-0.25, -0.2) is 0 Å². The first-order valence-electron chi connectivity index (χ1n) is 8.16. The van der Waals surface area contributed by atoms with Crippen molar-refractivity contribution in [1.29, 1.82) is 0 Å². The smallest absolute Gasteiger partial charge is 0.399 e. The van der Waals surface area contributed by atoms with Crippen LogP contribution in [-0.4, -0.2) is 18.3 Å². The van der Waals surface area contributed by atoms with Crippen molar-refractivity contribution in [2.75, 3.05) is 0 Å². The van der Waals surface area contributed by atoms with Gasteiger partial charge in [0.2, 0.25) is 0 Å². The molecule has 0 aromatic heterocycles. The lowest BCUT2D eigenvalue weighted by Gasteiger charge is -2.32. The van der Waals surface area contributed by atoms with Gasteiger partial charge in [-0.1, -0.05) is 44.5 Å². The summed E-state index contributed by atoms with van der Waals surface area (Å²) in [7, 11) is -0.250. The minimum Gasteiger partial charge on any atom is -0.399 e. The first-order valence-corrected chi connectivity index (χ1v) is 8.16. The minimum atomic E-state index is -0.270. The molecule has 0 amide bonds. The number of hydrogen-bond acceptors (Lipinski definition) is 2. The van der Waals surface area contributed by atoms with Crippen LogP contribution in [0.4, 0.5) is 0 Å². The van der Waals surface area contributed by atoms with E-state index in [-0.39, 0.29) is 18.3 Å². The van der Waals surface area contributed by atoms with Crippen molar-refractivity contribution in [1.82, 2.24) is 0 Å². The van der Waals surface area contributed by atoms with Gasteiger partial charge < -0.3 is 9.31 Å². The number of rotatable bonds is 5. The highest BCUT2D eigenvalue weighted by molar-refractivity contribution is 6.62. The Labute approximate surface area is 130 Å². The highest BCUT2D eigenvalue weighted by Crippen LogP contribution is 2.36. The maximum Gasteiger partial charge on any atom is 0.494 e. The third-order valence-corrected chi connectivity index (χ3v) is 4.75. The summed E-state index contributed by atoms with van der Waals surface area (Å²) < 4.78 is 12.2. The van der Waals surface area contributed by atoms with E-state index >= 15 is 0 Å². The molecule has 0 radical (unpaired) electrons. The van der Waals surface area contributed by atoms with E-state index in [2.05, 4.69) is 65.8 Å². The molecule has 1 saturated heterocycles. The molecule has 2 nitrogen and oxygen atoms in total. The molecule has 0 spiro atoms. The molecule has 1 aromatic carbocycles. The van der Waals surface area contributed by atoms with E-state index in [0.29, 0.717) is 0 Å². The summed E-state index contributed by atoms with van der Waals surface area (Å²) in [6.45, 7) is 12.9. The standard InChI is InChI=1S/C18H29BO2/c1-14(2)8-7-9-15-10-12-16(13-11-15)19-20-17(3,4)18(5,6)21-19/h10-14H,7-9H2,1-6H3. The van der Waals surface area contributed by atoms with E-state index < -0.39 is 0 Å². The Morgan fingerprint density at radius 3 is 1.95 bits per heavy atom. The quantitative estimate of drug-likeness (QED) is 0.763. The van der Waals surface area contributed by atoms with Crippen molar-refractivity contribution in [3.05, 3.63) is 29.8 Å². The van der Waals surface area contributed by atoms with Gasteiger partial charge in [-0.3, -0.25) is 0 Å². The summed E-state index contributed by atoms with van der Waals surface area (Å²) >= 11 is 0. The zero-order chi connectivity index (χ0) is 15.7. The summed E-state index contributed by atoms with van der Waals surface area (Å²) in [5.74, 6) is 0.786. The molecule has 1 aliphatic rings. The van der Waals surface area contributed by atoms with Crippen LogP contribution in [0.3, 0.4) is 0 Å². The minimum absolute atomic E-state index is 0.250. The fourth-order valence-corrected chi connectivity index (χ4v) is 2.54. The molecule has 0 aliphatic carbocycles. The third kappa shape index (κ3) is 3.89. The predicted molar refractivity (Wildman–Crippen MR) is 89.9 cm³/mol. The van der Waals surface area contributed by atoms with Gasteiger partial charge in [0.15, 0.2) is 0 Å². The second-order valence-corrected chi connectivity index (χ2v) is 7.62. The highest BCUT2D eigenvalue weighted by Gasteiger charge is 2.51. The fourth-order valence-electron chi connectivity index (χ4n) is 2.54. The molecule has 1 aliphatic heterocycles. The second-order valence-electron chi connectivity index (χ2n) is 7.62. The van der Waals surface area contributed by atoms with Crippen LogP contribution in [0.5, 0.6) is 0 Å². The number of hydrogen-bond donors (Lipinski definition) is 0. The molecular formula is C18H29BO2. The normalized spacial score (nSPS) is 20.2. The van der Waals surface area contributed by atoms with Gasteiger partial charge in [-0.2, -0.15) is 0 Å². The lowest BCUT2D eigenvalue weighted by atomic mass is 9.78. The Morgan fingerprint density at radius 1 is 0.952 bits per heavy atom. The average molecular weight is 288 g/mol. The van der Waals surface area contributed by atoms with Crippen LogP contribution >= 0.6 is 0 Å². The summed E-state index contributed by atoms with van der Waals surface area (Å²) in [5, 5.41) is 0. The third-order valence-electron chi connectivity index (χ3n) is 4.75. The SMILES string of the molecule is CC(C)CCCc1ccc(B2OC(C)(C)C(C)(C)O2)cc1. The van der Waals surface area contributed by atoms with E-state index in [1.165, 1.54) is 18.4 Å². The van der Waals surface area contributed by atoms with E-state index in [0.717, 1.165) is 17.8 Å². The molecule has 0 atom stereocenters. The van der Waals surface area contributed by atoms with E-state index in [1.807, 2.05) is 0 Å². The van der Waals surface area contributed by atoms with Gasteiger partial charge in [0.05, 0.1) is 11.2 Å². The molecular weight excluding hydrogens is 259 g/mol. The van der Waals surface area contributed by atoms with Gasteiger partial charge in [-0.15, -0.1) is 0 Å².